The Morgan fingerprint density at radius 2 is 1.79 bits per heavy atom. The summed E-state index contributed by atoms with van der Waals surface area (Å²) in [6.07, 6.45) is 1.59. The van der Waals surface area contributed by atoms with Gasteiger partial charge in [-0.15, -0.1) is 0 Å². The fourth-order valence-electron chi connectivity index (χ4n) is 2.56. The lowest BCUT2D eigenvalue weighted by molar-refractivity contribution is 0.0276. The fourth-order valence-corrected chi connectivity index (χ4v) is 2.56. The van der Waals surface area contributed by atoms with Crippen molar-refractivity contribution in [1.82, 2.24) is 9.78 Å². The molecule has 1 N–H and O–H groups in total. The standard InChI is InChI=1S/C22H24N2O5/c1-22(2,26)15-29-19-10-9-17(12-20(19)27-3)24-21(25)11-16(13-23-24)14-28-18-7-5-4-6-8-18/h4-13,26H,14-15H2,1-3H3. The summed E-state index contributed by atoms with van der Waals surface area (Å²) < 4.78 is 17.9. The molecule has 3 aromatic rings. The molecule has 29 heavy (non-hydrogen) atoms. The number of methoxy groups -OCH3 is 1. The van der Waals surface area contributed by atoms with E-state index in [0.29, 0.717) is 22.7 Å². The molecule has 0 spiro atoms. The summed E-state index contributed by atoms with van der Waals surface area (Å²) >= 11 is 0. The van der Waals surface area contributed by atoms with Gasteiger partial charge in [0.1, 0.15) is 19.0 Å². The third kappa shape index (κ3) is 5.58. The Morgan fingerprint density at radius 3 is 2.45 bits per heavy atom. The highest BCUT2D eigenvalue weighted by Gasteiger charge is 2.16. The summed E-state index contributed by atoms with van der Waals surface area (Å²) in [5.41, 5.74) is -0.0450. The van der Waals surface area contributed by atoms with E-state index >= 15 is 0 Å². The van der Waals surface area contributed by atoms with Crippen molar-refractivity contribution in [1.29, 1.82) is 0 Å². The monoisotopic (exact) mass is 396 g/mol. The third-order valence-corrected chi connectivity index (χ3v) is 3.98. The second-order valence-electron chi connectivity index (χ2n) is 7.15. The van der Waals surface area contributed by atoms with Crippen LogP contribution in [0.4, 0.5) is 0 Å². The van der Waals surface area contributed by atoms with Gasteiger partial charge in [-0.1, -0.05) is 18.2 Å². The molecule has 7 heteroatoms. The molecule has 0 aliphatic rings. The molecule has 0 saturated carbocycles. The van der Waals surface area contributed by atoms with E-state index < -0.39 is 5.60 Å². The first-order valence-electron chi connectivity index (χ1n) is 9.15. The number of rotatable bonds is 8. The molecule has 3 rings (SSSR count). The number of aliphatic hydroxyl groups is 1. The van der Waals surface area contributed by atoms with Crippen LogP contribution >= 0.6 is 0 Å². The van der Waals surface area contributed by atoms with Crippen LogP contribution < -0.4 is 19.8 Å². The van der Waals surface area contributed by atoms with Gasteiger partial charge >= 0.3 is 0 Å². The average molecular weight is 396 g/mol. The molecule has 1 heterocycles. The molecule has 0 aliphatic carbocycles. The summed E-state index contributed by atoms with van der Waals surface area (Å²) in [6, 6.07) is 15.9. The van der Waals surface area contributed by atoms with E-state index in [1.165, 1.54) is 17.9 Å². The zero-order valence-corrected chi connectivity index (χ0v) is 16.7. The fraction of sp³-hybridized carbons (Fsp3) is 0.273. The van der Waals surface area contributed by atoms with Crippen LogP contribution in [0.3, 0.4) is 0 Å². The Morgan fingerprint density at radius 1 is 1.03 bits per heavy atom. The minimum Gasteiger partial charge on any atom is -0.493 e. The van der Waals surface area contributed by atoms with E-state index in [2.05, 4.69) is 5.10 Å². The van der Waals surface area contributed by atoms with Crippen molar-refractivity contribution >= 4 is 0 Å². The van der Waals surface area contributed by atoms with E-state index in [9.17, 15) is 9.90 Å². The average Bonchev–Trinajstić information content (AvgIpc) is 2.71. The van der Waals surface area contributed by atoms with E-state index in [-0.39, 0.29) is 18.8 Å². The van der Waals surface area contributed by atoms with Gasteiger partial charge in [-0.25, -0.2) is 0 Å². The summed E-state index contributed by atoms with van der Waals surface area (Å²) in [7, 11) is 1.51. The second-order valence-corrected chi connectivity index (χ2v) is 7.15. The Balaban J connectivity index is 1.77. The molecule has 0 unspecified atom stereocenters. The van der Waals surface area contributed by atoms with Gasteiger partial charge < -0.3 is 19.3 Å². The molecule has 0 aliphatic heterocycles. The van der Waals surface area contributed by atoms with Gasteiger partial charge in [0.05, 0.1) is 24.6 Å². The zero-order valence-electron chi connectivity index (χ0n) is 16.7. The van der Waals surface area contributed by atoms with Crippen LogP contribution in [0.2, 0.25) is 0 Å². The van der Waals surface area contributed by atoms with Crippen LogP contribution in [-0.2, 0) is 6.61 Å². The maximum Gasteiger partial charge on any atom is 0.271 e. The Kier molecular flexibility index (Phi) is 6.19. The minimum atomic E-state index is -0.972. The number of hydrogen-bond donors (Lipinski definition) is 1. The summed E-state index contributed by atoms with van der Waals surface area (Å²) in [5, 5.41) is 14.1. The summed E-state index contributed by atoms with van der Waals surface area (Å²) in [5.74, 6) is 1.64. The van der Waals surface area contributed by atoms with Crippen LogP contribution in [0.15, 0.2) is 65.6 Å². The predicted octanol–water partition coefficient (Wildman–Crippen LogP) is 2.97. The largest absolute Gasteiger partial charge is 0.493 e. The first-order chi connectivity index (χ1) is 13.9. The smallest absolute Gasteiger partial charge is 0.271 e. The quantitative estimate of drug-likeness (QED) is 0.630. The number of aromatic nitrogens is 2. The maximum atomic E-state index is 12.5. The van der Waals surface area contributed by atoms with E-state index in [4.69, 9.17) is 14.2 Å². The lowest BCUT2D eigenvalue weighted by atomic mass is 10.2. The summed E-state index contributed by atoms with van der Waals surface area (Å²) in [6.45, 7) is 3.66. The number of para-hydroxylation sites is 1. The first-order valence-corrected chi connectivity index (χ1v) is 9.15. The number of nitrogens with zero attached hydrogens (tertiary/aromatic N) is 2. The minimum absolute atomic E-state index is 0.108. The SMILES string of the molecule is COc1cc(-n2ncc(COc3ccccc3)cc2=O)ccc1OCC(C)(C)O. The summed E-state index contributed by atoms with van der Waals surface area (Å²) in [4.78, 5) is 12.5. The molecule has 2 aromatic carbocycles. The third-order valence-electron chi connectivity index (χ3n) is 3.98. The second kappa shape index (κ2) is 8.79. The number of benzene rings is 2. The normalized spacial score (nSPS) is 11.2. The van der Waals surface area contributed by atoms with E-state index in [1.807, 2.05) is 30.3 Å². The van der Waals surface area contributed by atoms with Crippen LogP contribution in [0.25, 0.3) is 5.69 Å². The van der Waals surface area contributed by atoms with Crippen LogP contribution in [0.5, 0.6) is 17.2 Å². The van der Waals surface area contributed by atoms with Gasteiger partial charge in [-0.3, -0.25) is 4.79 Å². The predicted molar refractivity (Wildman–Crippen MR) is 109 cm³/mol. The molecular weight excluding hydrogens is 372 g/mol. The molecule has 0 saturated heterocycles. The topological polar surface area (TPSA) is 82.8 Å². The highest BCUT2D eigenvalue weighted by molar-refractivity contribution is 5.48. The van der Waals surface area contributed by atoms with Crippen molar-refractivity contribution in [3.8, 4) is 22.9 Å². The van der Waals surface area contributed by atoms with Gasteiger partial charge in [0, 0.05) is 17.7 Å². The molecule has 152 valence electrons. The van der Waals surface area contributed by atoms with Crippen molar-refractivity contribution < 1.29 is 19.3 Å². The molecule has 0 amide bonds. The van der Waals surface area contributed by atoms with Gasteiger partial charge in [-0.2, -0.15) is 9.78 Å². The Hall–Kier alpha value is -3.32. The van der Waals surface area contributed by atoms with Gasteiger partial charge in [-0.05, 0) is 38.1 Å². The van der Waals surface area contributed by atoms with Crippen LogP contribution in [-0.4, -0.2) is 34.2 Å². The van der Waals surface area contributed by atoms with Crippen molar-refractivity contribution in [2.45, 2.75) is 26.1 Å². The number of hydrogen-bond acceptors (Lipinski definition) is 6. The molecule has 7 nitrogen and oxygen atoms in total. The number of ether oxygens (including phenoxy) is 3. The van der Waals surface area contributed by atoms with E-state index in [1.54, 1.807) is 38.2 Å². The molecule has 0 fully saturated rings. The van der Waals surface area contributed by atoms with Crippen molar-refractivity contribution in [2.75, 3.05) is 13.7 Å². The Labute approximate surface area is 169 Å². The highest BCUT2D eigenvalue weighted by Crippen LogP contribution is 2.29. The lowest BCUT2D eigenvalue weighted by Gasteiger charge is -2.19. The zero-order chi connectivity index (χ0) is 20.9. The van der Waals surface area contributed by atoms with Crippen LogP contribution in [0.1, 0.15) is 19.4 Å². The molecule has 0 atom stereocenters. The van der Waals surface area contributed by atoms with Crippen molar-refractivity contribution in [2.24, 2.45) is 0 Å². The van der Waals surface area contributed by atoms with Crippen LogP contribution in [0, 0.1) is 0 Å². The van der Waals surface area contributed by atoms with Gasteiger partial charge in [0.25, 0.3) is 5.56 Å². The molecule has 1 aromatic heterocycles. The van der Waals surface area contributed by atoms with Crippen molar-refractivity contribution in [3.05, 3.63) is 76.7 Å². The first kappa shape index (κ1) is 20.4. The maximum absolute atomic E-state index is 12.5. The highest BCUT2D eigenvalue weighted by atomic mass is 16.5. The van der Waals surface area contributed by atoms with Gasteiger partial charge in [0.15, 0.2) is 11.5 Å². The molecular formula is C22H24N2O5. The van der Waals surface area contributed by atoms with Gasteiger partial charge in [0.2, 0.25) is 0 Å². The van der Waals surface area contributed by atoms with E-state index in [0.717, 1.165) is 5.75 Å². The lowest BCUT2D eigenvalue weighted by Crippen LogP contribution is -2.28. The van der Waals surface area contributed by atoms with Crippen molar-refractivity contribution in [3.63, 3.8) is 0 Å². The Bertz CT molecular complexity index is 1010. The molecule has 0 bridgehead atoms. The molecule has 0 radical (unpaired) electrons.